The standard InChI is InChI=1S/C27H21F3N2O7S/c1-2-37-23-14-17(8-10-22(23)39-21-11-9-18(27(28,29)30)16-20(21)32(35)36)15-24-25(33)31(26(34)40-24)12-13-38-19-6-4-3-5-7-19/h3-11,14-16H,2,12-13H2,1H3/b24-15-. The highest BCUT2D eigenvalue weighted by Gasteiger charge is 2.35. The number of amides is 2. The molecule has 9 nitrogen and oxygen atoms in total. The minimum atomic E-state index is -4.77. The van der Waals surface area contributed by atoms with Gasteiger partial charge < -0.3 is 14.2 Å². The molecule has 0 saturated carbocycles. The Labute approximate surface area is 230 Å². The molecule has 4 rings (SSSR count). The highest BCUT2D eigenvalue weighted by Crippen LogP contribution is 2.41. The van der Waals surface area contributed by atoms with Crippen LogP contribution in [0.25, 0.3) is 6.08 Å². The lowest BCUT2D eigenvalue weighted by molar-refractivity contribution is -0.385. The predicted octanol–water partition coefficient (Wildman–Crippen LogP) is 6.92. The van der Waals surface area contributed by atoms with Crippen LogP contribution in [0.3, 0.4) is 0 Å². The third kappa shape index (κ3) is 6.72. The molecule has 0 unspecified atom stereocenters. The normalized spacial score (nSPS) is 14.5. The Morgan fingerprint density at radius 2 is 1.70 bits per heavy atom. The second-order valence-corrected chi connectivity index (χ2v) is 9.17. The lowest BCUT2D eigenvalue weighted by atomic mass is 10.1. The fraction of sp³-hybridized carbons (Fsp3) is 0.185. The molecule has 1 saturated heterocycles. The second kappa shape index (κ2) is 12.1. The second-order valence-electron chi connectivity index (χ2n) is 8.17. The SMILES string of the molecule is CCOc1cc(/C=C2\SC(=O)N(CCOc3ccccc3)C2=O)ccc1Oc1ccc(C(F)(F)F)cc1[N+](=O)[O-]. The van der Waals surface area contributed by atoms with Gasteiger partial charge >= 0.3 is 11.9 Å². The van der Waals surface area contributed by atoms with E-state index in [4.69, 9.17) is 14.2 Å². The molecule has 3 aromatic carbocycles. The molecular formula is C27H21F3N2O7S. The lowest BCUT2D eigenvalue weighted by Gasteiger charge is -2.14. The van der Waals surface area contributed by atoms with Gasteiger partial charge in [-0.2, -0.15) is 13.2 Å². The third-order valence-corrected chi connectivity index (χ3v) is 6.38. The van der Waals surface area contributed by atoms with Gasteiger partial charge in [0.05, 0.1) is 28.5 Å². The van der Waals surface area contributed by atoms with E-state index < -0.39 is 39.2 Å². The number of carbonyl (C=O) groups excluding carboxylic acids is 2. The van der Waals surface area contributed by atoms with Crippen LogP contribution in [0.5, 0.6) is 23.0 Å². The van der Waals surface area contributed by atoms with E-state index in [-0.39, 0.29) is 36.2 Å². The third-order valence-electron chi connectivity index (χ3n) is 5.47. The summed E-state index contributed by atoms with van der Waals surface area (Å²) in [6, 6.07) is 15.3. The number of hydrogen-bond acceptors (Lipinski definition) is 8. The molecule has 0 aromatic heterocycles. The summed E-state index contributed by atoms with van der Waals surface area (Å²) in [4.78, 5) is 37.0. The highest BCUT2D eigenvalue weighted by atomic mass is 32.2. The average Bonchev–Trinajstić information content (AvgIpc) is 3.17. The predicted molar refractivity (Wildman–Crippen MR) is 140 cm³/mol. The number of halogens is 3. The fourth-order valence-corrected chi connectivity index (χ4v) is 4.49. The van der Waals surface area contributed by atoms with Crippen LogP contribution in [0.15, 0.2) is 71.6 Å². The van der Waals surface area contributed by atoms with Crippen molar-refractivity contribution in [3.05, 3.63) is 92.9 Å². The molecule has 0 aliphatic carbocycles. The molecule has 1 heterocycles. The molecule has 1 aliphatic heterocycles. The van der Waals surface area contributed by atoms with Crippen molar-refractivity contribution < 1.29 is 41.9 Å². The number of rotatable bonds is 10. The highest BCUT2D eigenvalue weighted by molar-refractivity contribution is 8.18. The summed E-state index contributed by atoms with van der Waals surface area (Å²) in [6.45, 7) is 2.03. The van der Waals surface area contributed by atoms with E-state index in [1.807, 2.05) is 6.07 Å². The van der Waals surface area contributed by atoms with E-state index >= 15 is 0 Å². The van der Waals surface area contributed by atoms with Crippen molar-refractivity contribution in [1.82, 2.24) is 4.90 Å². The number of ether oxygens (including phenoxy) is 3. The first-order valence-corrected chi connectivity index (χ1v) is 12.6. The molecule has 0 atom stereocenters. The number of benzene rings is 3. The zero-order valence-corrected chi connectivity index (χ0v) is 21.7. The summed E-state index contributed by atoms with van der Waals surface area (Å²) < 4.78 is 55.8. The summed E-state index contributed by atoms with van der Waals surface area (Å²) in [5.41, 5.74) is -1.59. The maximum atomic E-state index is 13.0. The topological polar surface area (TPSA) is 108 Å². The van der Waals surface area contributed by atoms with Crippen LogP contribution in [0.4, 0.5) is 23.7 Å². The van der Waals surface area contributed by atoms with Crippen molar-refractivity contribution in [2.45, 2.75) is 13.1 Å². The van der Waals surface area contributed by atoms with Crippen LogP contribution < -0.4 is 14.2 Å². The molecule has 0 radical (unpaired) electrons. The molecule has 13 heteroatoms. The first kappa shape index (κ1) is 28.5. The van der Waals surface area contributed by atoms with Crippen LogP contribution in [-0.4, -0.2) is 40.7 Å². The van der Waals surface area contributed by atoms with Gasteiger partial charge in [0.25, 0.3) is 11.1 Å². The Morgan fingerprint density at radius 3 is 2.38 bits per heavy atom. The van der Waals surface area contributed by atoms with Crippen molar-refractivity contribution in [3.63, 3.8) is 0 Å². The molecule has 0 N–H and O–H groups in total. The number of carbonyl (C=O) groups is 2. The molecule has 3 aromatic rings. The van der Waals surface area contributed by atoms with Crippen LogP contribution in [0.2, 0.25) is 0 Å². The van der Waals surface area contributed by atoms with Crippen molar-refractivity contribution >= 4 is 34.7 Å². The number of thioether (sulfide) groups is 1. The maximum Gasteiger partial charge on any atom is 0.416 e. The Balaban J connectivity index is 1.52. The van der Waals surface area contributed by atoms with Crippen LogP contribution >= 0.6 is 11.8 Å². The van der Waals surface area contributed by atoms with E-state index in [1.54, 1.807) is 31.2 Å². The summed E-state index contributed by atoms with van der Waals surface area (Å²) in [5, 5.41) is 11.0. The number of imide groups is 1. The van der Waals surface area contributed by atoms with E-state index in [9.17, 15) is 32.9 Å². The van der Waals surface area contributed by atoms with E-state index in [2.05, 4.69) is 0 Å². The number of nitro benzene ring substituents is 1. The molecule has 2 amide bonds. The molecule has 40 heavy (non-hydrogen) atoms. The van der Waals surface area contributed by atoms with Gasteiger partial charge in [0.1, 0.15) is 12.4 Å². The van der Waals surface area contributed by atoms with Crippen molar-refractivity contribution in [1.29, 1.82) is 0 Å². The van der Waals surface area contributed by atoms with Gasteiger partial charge in [-0.3, -0.25) is 24.6 Å². The number of para-hydroxylation sites is 1. The Bertz CT molecular complexity index is 1460. The minimum Gasteiger partial charge on any atom is -0.492 e. The lowest BCUT2D eigenvalue weighted by Crippen LogP contribution is -2.32. The molecule has 0 spiro atoms. The summed E-state index contributed by atoms with van der Waals surface area (Å²) in [7, 11) is 0. The zero-order valence-electron chi connectivity index (χ0n) is 20.8. The average molecular weight is 575 g/mol. The van der Waals surface area contributed by atoms with Gasteiger partial charge in [0, 0.05) is 6.07 Å². The molecular weight excluding hydrogens is 553 g/mol. The van der Waals surface area contributed by atoms with E-state index in [0.29, 0.717) is 23.4 Å². The number of alkyl halides is 3. The first-order valence-electron chi connectivity index (χ1n) is 11.8. The van der Waals surface area contributed by atoms with Gasteiger partial charge in [-0.25, -0.2) is 0 Å². The van der Waals surface area contributed by atoms with Crippen molar-refractivity contribution in [3.8, 4) is 23.0 Å². The number of nitro groups is 1. The minimum absolute atomic E-state index is 0.00743. The van der Waals surface area contributed by atoms with Gasteiger partial charge in [-0.1, -0.05) is 24.3 Å². The molecule has 0 bridgehead atoms. The van der Waals surface area contributed by atoms with Gasteiger partial charge in [0.15, 0.2) is 11.5 Å². The van der Waals surface area contributed by atoms with Crippen LogP contribution in [0.1, 0.15) is 18.1 Å². The fourth-order valence-electron chi connectivity index (χ4n) is 3.62. The van der Waals surface area contributed by atoms with Gasteiger partial charge in [0.2, 0.25) is 5.75 Å². The molecule has 1 fully saturated rings. The number of nitrogens with zero attached hydrogens (tertiary/aromatic N) is 2. The van der Waals surface area contributed by atoms with Gasteiger partial charge in [-0.15, -0.1) is 0 Å². The van der Waals surface area contributed by atoms with Gasteiger partial charge in [-0.05, 0) is 66.7 Å². The van der Waals surface area contributed by atoms with Crippen molar-refractivity contribution in [2.24, 2.45) is 0 Å². The van der Waals surface area contributed by atoms with Crippen LogP contribution in [-0.2, 0) is 11.0 Å². The van der Waals surface area contributed by atoms with Crippen LogP contribution in [0, 0.1) is 10.1 Å². The Kier molecular flexibility index (Phi) is 8.63. The van der Waals surface area contributed by atoms with E-state index in [1.165, 1.54) is 24.3 Å². The Morgan fingerprint density at radius 1 is 0.975 bits per heavy atom. The zero-order chi connectivity index (χ0) is 28.9. The first-order chi connectivity index (χ1) is 19.1. The monoisotopic (exact) mass is 574 g/mol. The largest absolute Gasteiger partial charge is 0.492 e. The smallest absolute Gasteiger partial charge is 0.416 e. The summed E-state index contributed by atoms with van der Waals surface area (Å²) in [6.07, 6.45) is -3.29. The maximum absolute atomic E-state index is 13.0. The number of hydrogen-bond donors (Lipinski definition) is 0. The quantitative estimate of drug-likeness (QED) is 0.146. The summed E-state index contributed by atoms with van der Waals surface area (Å²) >= 11 is 0.761. The van der Waals surface area contributed by atoms with E-state index in [0.717, 1.165) is 22.7 Å². The Hall–Kier alpha value is -4.52. The molecule has 1 aliphatic rings. The van der Waals surface area contributed by atoms with Crippen molar-refractivity contribution in [2.75, 3.05) is 19.8 Å². The molecule has 208 valence electrons. The summed E-state index contributed by atoms with van der Waals surface area (Å²) in [5.74, 6) is -0.165.